The fourth-order valence-corrected chi connectivity index (χ4v) is 3.43. The fraction of sp³-hybridized carbons (Fsp3) is 0.600. The van der Waals surface area contributed by atoms with Crippen molar-refractivity contribution < 1.29 is 9.59 Å². The van der Waals surface area contributed by atoms with E-state index in [-0.39, 0.29) is 16.9 Å². The van der Waals surface area contributed by atoms with Gasteiger partial charge in [-0.05, 0) is 49.8 Å². The van der Waals surface area contributed by atoms with E-state index in [1.165, 1.54) is 19.3 Å². The van der Waals surface area contributed by atoms with Gasteiger partial charge in [0, 0.05) is 19.0 Å². The Labute approximate surface area is 149 Å². The lowest BCUT2D eigenvalue weighted by atomic mass is 9.72. The quantitative estimate of drug-likeness (QED) is 0.857. The molecule has 1 aliphatic rings. The Hall–Kier alpha value is -2.22. The summed E-state index contributed by atoms with van der Waals surface area (Å²) in [6, 6.07) is 5.44. The number of pyridine rings is 1. The lowest BCUT2D eigenvalue weighted by molar-refractivity contribution is -0.121. The van der Waals surface area contributed by atoms with Gasteiger partial charge in [-0.25, -0.2) is 0 Å². The van der Waals surface area contributed by atoms with Crippen molar-refractivity contribution in [1.82, 2.24) is 10.3 Å². The van der Waals surface area contributed by atoms with E-state index >= 15 is 0 Å². The summed E-state index contributed by atoms with van der Waals surface area (Å²) in [5, 5.41) is 11.6. The van der Waals surface area contributed by atoms with Crippen molar-refractivity contribution in [3.8, 4) is 6.07 Å². The number of amides is 1. The molecule has 1 aromatic heterocycles. The molecule has 1 fully saturated rings. The van der Waals surface area contributed by atoms with E-state index in [1.807, 2.05) is 6.07 Å². The molecule has 0 atom stereocenters. The molecule has 0 aromatic carbocycles. The second-order valence-electron chi connectivity index (χ2n) is 8.00. The van der Waals surface area contributed by atoms with Gasteiger partial charge >= 0.3 is 0 Å². The molecule has 1 heterocycles. The molecule has 1 aliphatic carbocycles. The second kappa shape index (κ2) is 7.77. The molecular weight excluding hydrogens is 314 g/mol. The molecule has 1 N–H and O–H groups in total. The van der Waals surface area contributed by atoms with Crippen LogP contribution in [0.5, 0.6) is 0 Å². The number of Topliss-reactive ketones (excluding diaryl/α,β-unsaturated/α-hetero) is 1. The van der Waals surface area contributed by atoms with Crippen molar-refractivity contribution in [2.45, 2.75) is 71.3 Å². The molecule has 2 rings (SSSR count). The average molecular weight is 341 g/mol. The maximum Gasteiger partial charge on any atom is 0.271 e. The minimum absolute atomic E-state index is 0.124. The molecule has 1 saturated carbocycles. The zero-order valence-corrected chi connectivity index (χ0v) is 15.4. The van der Waals surface area contributed by atoms with Crippen LogP contribution in [0.4, 0.5) is 0 Å². The van der Waals surface area contributed by atoms with Gasteiger partial charge in [-0.15, -0.1) is 0 Å². The summed E-state index contributed by atoms with van der Waals surface area (Å²) in [7, 11) is 0. The van der Waals surface area contributed by atoms with Crippen LogP contribution in [-0.2, 0) is 11.2 Å². The summed E-state index contributed by atoms with van der Waals surface area (Å²) in [5.41, 5.74) is 0.191. The number of nitrogens with one attached hydrogen (secondary N) is 1. The van der Waals surface area contributed by atoms with Crippen molar-refractivity contribution >= 4 is 11.7 Å². The summed E-state index contributed by atoms with van der Waals surface area (Å²) in [6.45, 7) is 5.46. The Balaban J connectivity index is 2.00. The number of ketones is 1. The zero-order chi connectivity index (χ0) is 18.5. The standard InChI is InChI=1S/C20H27N3O2/c1-19(2,14-21)23-18(25)17-12-15(7-10-22-17)11-16(24)13-20(3)8-5-4-6-9-20/h7,10,12H,4-6,8-9,11,13H2,1-3H3,(H,23,25). The van der Waals surface area contributed by atoms with E-state index in [2.05, 4.69) is 17.2 Å². The van der Waals surface area contributed by atoms with Gasteiger partial charge in [-0.2, -0.15) is 5.26 Å². The molecule has 0 bridgehead atoms. The Morgan fingerprint density at radius 3 is 2.64 bits per heavy atom. The molecular formula is C20H27N3O2. The van der Waals surface area contributed by atoms with Gasteiger partial charge in [0.1, 0.15) is 17.0 Å². The third-order valence-electron chi connectivity index (χ3n) is 4.85. The monoisotopic (exact) mass is 341 g/mol. The van der Waals surface area contributed by atoms with Crippen LogP contribution >= 0.6 is 0 Å². The van der Waals surface area contributed by atoms with Crippen LogP contribution in [-0.4, -0.2) is 22.2 Å². The van der Waals surface area contributed by atoms with Gasteiger partial charge in [0.2, 0.25) is 0 Å². The third kappa shape index (κ3) is 5.67. The molecule has 25 heavy (non-hydrogen) atoms. The number of hydrogen-bond acceptors (Lipinski definition) is 4. The first-order valence-corrected chi connectivity index (χ1v) is 8.93. The first kappa shape index (κ1) is 19.1. The second-order valence-corrected chi connectivity index (χ2v) is 8.00. The largest absolute Gasteiger partial charge is 0.333 e. The molecule has 0 spiro atoms. The van der Waals surface area contributed by atoms with Crippen molar-refractivity contribution in [3.63, 3.8) is 0 Å². The lowest BCUT2D eigenvalue weighted by Gasteiger charge is -2.33. The Morgan fingerprint density at radius 2 is 2.00 bits per heavy atom. The number of nitriles is 1. The zero-order valence-electron chi connectivity index (χ0n) is 15.4. The third-order valence-corrected chi connectivity index (χ3v) is 4.85. The first-order valence-electron chi connectivity index (χ1n) is 8.93. The SMILES string of the molecule is CC1(CC(=O)Cc2ccnc(C(=O)NC(C)(C)C#N)c2)CCCCC1. The highest BCUT2D eigenvalue weighted by molar-refractivity contribution is 5.93. The van der Waals surface area contributed by atoms with E-state index in [1.54, 1.807) is 32.2 Å². The van der Waals surface area contributed by atoms with Gasteiger partial charge in [0.15, 0.2) is 0 Å². The topological polar surface area (TPSA) is 82.8 Å². The Kier molecular flexibility index (Phi) is 5.94. The minimum atomic E-state index is -0.958. The molecule has 5 nitrogen and oxygen atoms in total. The summed E-state index contributed by atoms with van der Waals surface area (Å²) >= 11 is 0. The highest BCUT2D eigenvalue weighted by Gasteiger charge is 2.29. The van der Waals surface area contributed by atoms with Gasteiger partial charge in [-0.1, -0.05) is 26.2 Å². The predicted molar refractivity (Wildman–Crippen MR) is 95.9 cm³/mol. The Bertz CT molecular complexity index is 682. The molecule has 1 amide bonds. The number of rotatable bonds is 6. The highest BCUT2D eigenvalue weighted by Crippen LogP contribution is 2.39. The maximum absolute atomic E-state index is 12.5. The number of aromatic nitrogens is 1. The molecule has 0 saturated heterocycles. The smallest absolute Gasteiger partial charge is 0.271 e. The predicted octanol–water partition coefficient (Wildman–Crippen LogP) is 3.59. The van der Waals surface area contributed by atoms with Crippen LogP contribution in [0.25, 0.3) is 0 Å². The molecule has 1 aromatic rings. The number of carbonyl (C=O) groups is 2. The summed E-state index contributed by atoms with van der Waals surface area (Å²) in [5.74, 6) is -0.195. The molecule has 134 valence electrons. The van der Waals surface area contributed by atoms with Crippen molar-refractivity contribution in [1.29, 1.82) is 5.26 Å². The molecule has 5 heteroatoms. The molecule has 0 aliphatic heterocycles. The van der Waals surface area contributed by atoms with Crippen LogP contribution in [0.15, 0.2) is 18.3 Å². The van der Waals surface area contributed by atoms with Crippen LogP contribution < -0.4 is 5.32 Å². The number of hydrogen-bond donors (Lipinski definition) is 1. The van der Waals surface area contributed by atoms with E-state index in [4.69, 9.17) is 5.26 Å². The van der Waals surface area contributed by atoms with Crippen LogP contribution in [0, 0.1) is 16.7 Å². The summed E-state index contributed by atoms with van der Waals surface area (Å²) < 4.78 is 0. The van der Waals surface area contributed by atoms with Crippen molar-refractivity contribution in [2.75, 3.05) is 0 Å². The summed E-state index contributed by atoms with van der Waals surface area (Å²) in [6.07, 6.45) is 8.37. The van der Waals surface area contributed by atoms with Gasteiger partial charge in [-0.3, -0.25) is 14.6 Å². The van der Waals surface area contributed by atoms with Crippen LogP contribution in [0.2, 0.25) is 0 Å². The van der Waals surface area contributed by atoms with Gasteiger partial charge < -0.3 is 5.32 Å². The van der Waals surface area contributed by atoms with Crippen LogP contribution in [0.3, 0.4) is 0 Å². The maximum atomic E-state index is 12.5. The minimum Gasteiger partial charge on any atom is -0.333 e. The van der Waals surface area contributed by atoms with E-state index in [9.17, 15) is 9.59 Å². The molecule has 0 unspecified atom stereocenters. The van der Waals surface area contributed by atoms with E-state index in [0.717, 1.165) is 18.4 Å². The Morgan fingerprint density at radius 1 is 1.32 bits per heavy atom. The number of carbonyl (C=O) groups excluding carboxylic acids is 2. The summed E-state index contributed by atoms with van der Waals surface area (Å²) in [4.78, 5) is 28.8. The fourth-order valence-electron chi connectivity index (χ4n) is 3.43. The molecule has 0 radical (unpaired) electrons. The first-order chi connectivity index (χ1) is 11.7. The van der Waals surface area contributed by atoms with Crippen molar-refractivity contribution in [3.05, 3.63) is 29.6 Å². The lowest BCUT2D eigenvalue weighted by Crippen LogP contribution is -2.42. The van der Waals surface area contributed by atoms with Gasteiger partial charge in [0.25, 0.3) is 5.91 Å². The number of nitrogens with zero attached hydrogens (tertiary/aromatic N) is 2. The van der Waals surface area contributed by atoms with Crippen LogP contribution in [0.1, 0.15) is 75.3 Å². The van der Waals surface area contributed by atoms with E-state index < -0.39 is 11.4 Å². The van der Waals surface area contributed by atoms with Gasteiger partial charge in [0.05, 0.1) is 6.07 Å². The van der Waals surface area contributed by atoms with Crippen molar-refractivity contribution in [2.24, 2.45) is 5.41 Å². The average Bonchev–Trinajstić information content (AvgIpc) is 2.54. The van der Waals surface area contributed by atoms with E-state index in [0.29, 0.717) is 12.8 Å². The normalized spacial score (nSPS) is 16.7. The highest BCUT2D eigenvalue weighted by atomic mass is 16.2.